The number of nitrogens with one attached hydrogen (secondary N) is 1. The molecule has 0 spiro atoms. The molecule has 180 valence electrons. The molecule has 1 aliphatic carbocycles. The van der Waals surface area contributed by atoms with Crippen LogP contribution in [0.5, 0.6) is 17.2 Å². The average Bonchev–Trinajstić information content (AvgIpc) is 3.46. The first-order valence-corrected chi connectivity index (χ1v) is 12.8. The number of ether oxygens (including phenoxy) is 3. The third kappa shape index (κ3) is 4.18. The summed E-state index contributed by atoms with van der Waals surface area (Å²) >= 11 is 1.68. The summed E-state index contributed by atoms with van der Waals surface area (Å²) in [5.41, 5.74) is 3.30. The minimum absolute atomic E-state index is 0.0418. The predicted octanol–water partition coefficient (Wildman–Crippen LogP) is 6.11. The molecule has 1 atom stereocenters. The summed E-state index contributed by atoms with van der Waals surface area (Å²) in [6.45, 7) is 7.60. The Balaban J connectivity index is 1.21. The molecule has 0 fully saturated rings. The van der Waals surface area contributed by atoms with E-state index in [-0.39, 0.29) is 17.8 Å². The van der Waals surface area contributed by atoms with E-state index in [1.54, 1.807) is 11.3 Å². The van der Waals surface area contributed by atoms with Crippen LogP contribution >= 0.6 is 11.3 Å². The third-order valence-electron chi connectivity index (χ3n) is 7.11. The van der Waals surface area contributed by atoms with Crippen LogP contribution in [0.1, 0.15) is 43.2 Å². The lowest BCUT2D eigenvalue weighted by Gasteiger charge is -2.33. The van der Waals surface area contributed by atoms with Crippen molar-refractivity contribution in [3.8, 4) is 28.6 Å². The fourth-order valence-corrected chi connectivity index (χ4v) is 6.27. The SMILES string of the molecule is CC(C)(C)C1CCc2c(sc3nc(-c4ccc(OCc5ccc6c(c5)OCO6)cc4)[nH]c(=O)c23)C1. The van der Waals surface area contributed by atoms with E-state index in [9.17, 15) is 4.79 Å². The van der Waals surface area contributed by atoms with Gasteiger partial charge < -0.3 is 19.2 Å². The molecule has 6 nitrogen and oxygen atoms in total. The van der Waals surface area contributed by atoms with Gasteiger partial charge in [0, 0.05) is 10.4 Å². The Labute approximate surface area is 207 Å². The molecule has 35 heavy (non-hydrogen) atoms. The maximum Gasteiger partial charge on any atom is 0.260 e. The lowest BCUT2D eigenvalue weighted by molar-refractivity contribution is 0.174. The van der Waals surface area contributed by atoms with Crippen molar-refractivity contribution in [1.29, 1.82) is 0 Å². The van der Waals surface area contributed by atoms with E-state index in [0.717, 1.165) is 57.9 Å². The third-order valence-corrected chi connectivity index (χ3v) is 8.26. The van der Waals surface area contributed by atoms with E-state index in [4.69, 9.17) is 19.2 Å². The number of H-pyrrole nitrogens is 1. The molecule has 3 heterocycles. The standard InChI is InChI=1S/C28H28N2O4S/c1-28(2,3)18-7-10-20-23(13-18)35-27-24(20)26(31)29-25(30-27)17-5-8-19(9-6-17)32-14-16-4-11-21-22(12-16)34-15-33-21/h4-6,8-9,11-12,18H,7,10,13-15H2,1-3H3,(H,29,30,31). The second kappa shape index (κ2) is 8.41. The van der Waals surface area contributed by atoms with Crippen molar-refractivity contribution in [2.24, 2.45) is 11.3 Å². The van der Waals surface area contributed by atoms with Gasteiger partial charge in [0.05, 0.1) is 5.39 Å². The summed E-state index contributed by atoms with van der Waals surface area (Å²) in [7, 11) is 0. The van der Waals surface area contributed by atoms with Crippen LogP contribution in [0.2, 0.25) is 0 Å². The predicted molar refractivity (Wildman–Crippen MR) is 138 cm³/mol. The first-order chi connectivity index (χ1) is 16.8. The highest BCUT2D eigenvalue weighted by molar-refractivity contribution is 7.18. The zero-order valence-corrected chi connectivity index (χ0v) is 21.0. The highest BCUT2D eigenvalue weighted by Crippen LogP contribution is 2.42. The average molecular weight is 489 g/mol. The van der Waals surface area contributed by atoms with Crippen molar-refractivity contribution < 1.29 is 14.2 Å². The normalized spacial score (nSPS) is 16.9. The minimum atomic E-state index is -0.0418. The van der Waals surface area contributed by atoms with Crippen LogP contribution < -0.4 is 19.8 Å². The first kappa shape index (κ1) is 22.2. The highest BCUT2D eigenvalue weighted by Gasteiger charge is 2.31. The van der Waals surface area contributed by atoms with Crippen molar-refractivity contribution in [1.82, 2.24) is 9.97 Å². The summed E-state index contributed by atoms with van der Waals surface area (Å²) in [5.74, 6) is 3.48. The molecular formula is C28H28N2O4S. The second-order valence-electron chi connectivity index (χ2n) is 10.4. The van der Waals surface area contributed by atoms with Gasteiger partial charge in [-0.25, -0.2) is 4.98 Å². The molecule has 7 heteroatoms. The number of aryl methyl sites for hydroxylation is 1. The zero-order chi connectivity index (χ0) is 24.2. The molecule has 2 aromatic heterocycles. The minimum Gasteiger partial charge on any atom is -0.489 e. The van der Waals surface area contributed by atoms with Crippen LogP contribution in [0.25, 0.3) is 21.6 Å². The van der Waals surface area contributed by atoms with Gasteiger partial charge in [-0.15, -0.1) is 11.3 Å². The van der Waals surface area contributed by atoms with E-state index >= 15 is 0 Å². The molecule has 1 N–H and O–H groups in total. The van der Waals surface area contributed by atoms with Gasteiger partial charge in [0.15, 0.2) is 11.5 Å². The molecule has 2 aliphatic rings. The lowest BCUT2D eigenvalue weighted by Crippen LogP contribution is -2.26. The van der Waals surface area contributed by atoms with Crippen molar-refractivity contribution in [2.45, 2.75) is 46.6 Å². The largest absolute Gasteiger partial charge is 0.489 e. The van der Waals surface area contributed by atoms with Crippen molar-refractivity contribution in [3.05, 3.63) is 68.8 Å². The number of hydrogen-bond acceptors (Lipinski definition) is 6. The summed E-state index contributed by atoms with van der Waals surface area (Å²) in [4.78, 5) is 23.1. The smallest absolute Gasteiger partial charge is 0.260 e. The van der Waals surface area contributed by atoms with Gasteiger partial charge in [0.25, 0.3) is 5.56 Å². The number of aromatic nitrogens is 2. The Hall–Kier alpha value is -3.32. The van der Waals surface area contributed by atoms with Crippen LogP contribution in [0, 0.1) is 11.3 Å². The highest BCUT2D eigenvalue weighted by atomic mass is 32.1. The van der Waals surface area contributed by atoms with Crippen molar-refractivity contribution in [3.63, 3.8) is 0 Å². The Morgan fingerprint density at radius 1 is 1.11 bits per heavy atom. The fourth-order valence-electron chi connectivity index (χ4n) is 4.97. The van der Waals surface area contributed by atoms with Gasteiger partial charge in [-0.2, -0.15) is 0 Å². The number of hydrogen-bond donors (Lipinski definition) is 1. The Bertz CT molecular complexity index is 1460. The maximum atomic E-state index is 13.1. The Morgan fingerprint density at radius 2 is 1.91 bits per heavy atom. The van der Waals surface area contributed by atoms with Gasteiger partial charge in [0.2, 0.25) is 6.79 Å². The lowest BCUT2D eigenvalue weighted by atomic mass is 9.72. The topological polar surface area (TPSA) is 73.4 Å². The van der Waals surface area contributed by atoms with E-state index in [2.05, 4.69) is 25.8 Å². The number of aromatic amines is 1. The molecular weight excluding hydrogens is 460 g/mol. The maximum absolute atomic E-state index is 13.1. The molecule has 1 aliphatic heterocycles. The van der Waals surface area contributed by atoms with Crippen molar-refractivity contribution >= 4 is 21.6 Å². The van der Waals surface area contributed by atoms with E-state index in [1.165, 1.54) is 10.4 Å². The number of fused-ring (bicyclic) bond motifs is 4. The molecule has 0 amide bonds. The van der Waals surface area contributed by atoms with Crippen LogP contribution in [0.15, 0.2) is 47.3 Å². The molecule has 2 aromatic carbocycles. The summed E-state index contributed by atoms with van der Waals surface area (Å²) in [5, 5.41) is 0.782. The molecule has 0 radical (unpaired) electrons. The van der Waals surface area contributed by atoms with Gasteiger partial charge in [0.1, 0.15) is 23.0 Å². The van der Waals surface area contributed by atoms with Crippen LogP contribution in [0.4, 0.5) is 0 Å². The van der Waals surface area contributed by atoms with E-state index in [1.807, 2.05) is 42.5 Å². The van der Waals surface area contributed by atoms with Crippen molar-refractivity contribution in [2.75, 3.05) is 6.79 Å². The van der Waals surface area contributed by atoms with Gasteiger partial charge in [-0.05, 0) is 78.1 Å². The summed E-state index contributed by atoms with van der Waals surface area (Å²) < 4.78 is 16.7. The molecule has 6 rings (SSSR count). The quantitative estimate of drug-likeness (QED) is 0.375. The molecule has 1 unspecified atom stereocenters. The van der Waals surface area contributed by atoms with Crippen LogP contribution in [0.3, 0.4) is 0 Å². The van der Waals surface area contributed by atoms with Crippen LogP contribution in [-0.4, -0.2) is 16.8 Å². The first-order valence-electron chi connectivity index (χ1n) is 12.0. The molecule has 0 saturated heterocycles. The number of rotatable bonds is 4. The Morgan fingerprint density at radius 3 is 2.71 bits per heavy atom. The summed E-state index contributed by atoms with van der Waals surface area (Å²) in [6.07, 6.45) is 3.11. The summed E-state index contributed by atoms with van der Waals surface area (Å²) in [6, 6.07) is 13.5. The van der Waals surface area contributed by atoms with Gasteiger partial charge >= 0.3 is 0 Å². The van der Waals surface area contributed by atoms with E-state index in [0.29, 0.717) is 18.3 Å². The second-order valence-corrected chi connectivity index (χ2v) is 11.5. The molecule has 0 bridgehead atoms. The molecule has 4 aromatic rings. The van der Waals surface area contributed by atoms with E-state index < -0.39 is 0 Å². The van der Waals surface area contributed by atoms with Gasteiger partial charge in [-0.3, -0.25) is 4.79 Å². The number of thiophene rings is 1. The number of benzene rings is 2. The number of nitrogens with zero attached hydrogens (tertiary/aromatic N) is 1. The zero-order valence-electron chi connectivity index (χ0n) is 20.1. The fraction of sp³-hybridized carbons (Fsp3) is 0.357. The monoisotopic (exact) mass is 488 g/mol. The molecule has 0 saturated carbocycles. The Kier molecular flexibility index (Phi) is 5.33. The van der Waals surface area contributed by atoms with Crippen LogP contribution in [-0.2, 0) is 19.4 Å². The van der Waals surface area contributed by atoms with Gasteiger partial charge in [-0.1, -0.05) is 26.8 Å².